The SMILES string of the molecule is NC1CCC(N2CCCCCC2CO)C1. The normalized spacial score (nSPS) is 39.2. The van der Waals surface area contributed by atoms with Gasteiger partial charge in [-0.15, -0.1) is 0 Å². The Bertz CT molecular complexity index is 198. The number of nitrogens with two attached hydrogens (primary N) is 1. The molecular formula is C12H24N2O. The van der Waals surface area contributed by atoms with Crippen molar-refractivity contribution in [3.63, 3.8) is 0 Å². The maximum absolute atomic E-state index is 9.44. The lowest BCUT2D eigenvalue weighted by molar-refractivity contribution is 0.0860. The molecule has 15 heavy (non-hydrogen) atoms. The summed E-state index contributed by atoms with van der Waals surface area (Å²) >= 11 is 0. The highest BCUT2D eigenvalue weighted by molar-refractivity contribution is 4.88. The molecule has 3 atom stereocenters. The maximum atomic E-state index is 9.44. The van der Waals surface area contributed by atoms with Crippen LogP contribution in [0.25, 0.3) is 0 Å². The fourth-order valence-corrected chi connectivity index (χ4v) is 3.17. The Kier molecular flexibility index (Phi) is 4.00. The molecule has 0 bridgehead atoms. The van der Waals surface area contributed by atoms with E-state index >= 15 is 0 Å². The summed E-state index contributed by atoms with van der Waals surface area (Å²) in [5, 5.41) is 9.44. The number of aliphatic hydroxyl groups is 1. The van der Waals surface area contributed by atoms with Crippen molar-refractivity contribution in [3.8, 4) is 0 Å². The van der Waals surface area contributed by atoms with E-state index in [4.69, 9.17) is 5.73 Å². The lowest BCUT2D eigenvalue weighted by atomic mass is 10.1. The van der Waals surface area contributed by atoms with Crippen LogP contribution < -0.4 is 5.73 Å². The van der Waals surface area contributed by atoms with Crippen LogP contribution in [-0.2, 0) is 0 Å². The van der Waals surface area contributed by atoms with Gasteiger partial charge in [-0.3, -0.25) is 4.90 Å². The van der Waals surface area contributed by atoms with Crippen molar-refractivity contribution >= 4 is 0 Å². The average molecular weight is 212 g/mol. The monoisotopic (exact) mass is 212 g/mol. The Labute approximate surface area is 92.6 Å². The van der Waals surface area contributed by atoms with Crippen molar-refractivity contribution in [2.24, 2.45) is 5.73 Å². The first kappa shape index (κ1) is 11.4. The minimum absolute atomic E-state index is 0.325. The van der Waals surface area contributed by atoms with E-state index in [9.17, 15) is 5.11 Å². The number of hydrogen-bond donors (Lipinski definition) is 2. The predicted molar refractivity (Wildman–Crippen MR) is 61.7 cm³/mol. The summed E-state index contributed by atoms with van der Waals surface area (Å²) in [4.78, 5) is 2.54. The molecule has 3 N–H and O–H groups in total. The van der Waals surface area contributed by atoms with Gasteiger partial charge in [0.25, 0.3) is 0 Å². The second kappa shape index (κ2) is 5.28. The molecule has 1 saturated heterocycles. The minimum atomic E-state index is 0.325. The van der Waals surface area contributed by atoms with Crippen molar-refractivity contribution < 1.29 is 5.11 Å². The number of nitrogens with zero attached hydrogens (tertiary/aromatic N) is 1. The molecule has 1 aliphatic carbocycles. The molecule has 2 fully saturated rings. The molecule has 0 radical (unpaired) electrons. The van der Waals surface area contributed by atoms with Crippen molar-refractivity contribution in [1.82, 2.24) is 4.90 Å². The van der Waals surface area contributed by atoms with Crippen LogP contribution in [0.2, 0.25) is 0 Å². The van der Waals surface area contributed by atoms with E-state index in [1.807, 2.05) is 0 Å². The average Bonchev–Trinajstić information content (AvgIpc) is 2.54. The molecule has 88 valence electrons. The molecule has 0 spiro atoms. The highest BCUT2D eigenvalue weighted by Gasteiger charge is 2.31. The molecule has 0 aromatic heterocycles. The molecule has 1 saturated carbocycles. The summed E-state index contributed by atoms with van der Waals surface area (Å²) in [5.74, 6) is 0. The minimum Gasteiger partial charge on any atom is -0.395 e. The summed E-state index contributed by atoms with van der Waals surface area (Å²) in [6.07, 6.45) is 8.60. The van der Waals surface area contributed by atoms with E-state index < -0.39 is 0 Å². The lowest BCUT2D eigenvalue weighted by Gasteiger charge is -2.34. The highest BCUT2D eigenvalue weighted by Crippen LogP contribution is 2.28. The quantitative estimate of drug-likeness (QED) is 0.721. The molecular weight excluding hydrogens is 188 g/mol. The van der Waals surface area contributed by atoms with Crippen LogP contribution in [0.5, 0.6) is 0 Å². The number of hydrogen-bond acceptors (Lipinski definition) is 3. The van der Waals surface area contributed by atoms with Gasteiger partial charge in [-0.25, -0.2) is 0 Å². The Morgan fingerprint density at radius 1 is 1.13 bits per heavy atom. The Hall–Kier alpha value is -0.120. The molecule has 0 aromatic rings. The summed E-state index contributed by atoms with van der Waals surface area (Å²) in [5.41, 5.74) is 5.97. The van der Waals surface area contributed by atoms with Crippen LogP contribution in [0.15, 0.2) is 0 Å². The van der Waals surface area contributed by atoms with E-state index in [-0.39, 0.29) is 0 Å². The van der Waals surface area contributed by atoms with Crippen LogP contribution >= 0.6 is 0 Å². The second-order valence-corrected chi connectivity index (χ2v) is 5.15. The van der Waals surface area contributed by atoms with E-state index in [2.05, 4.69) is 4.90 Å². The van der Waals surface area contributed by atoms with Gasteiger partial charge in [0.2, 0.25) is 0 Å². The lowest BCUT2D eigenvalue weighted by Crippen LogP contribution is -2.44. The first-order chi connectivity index (χ1) is 7.31. The van der Waals surface area contributed by atoms with Crippen LogP contribution in [0.1, 0.15) is 44.9 Å². The van der Waals surface area contributed by atoms with Crippen molar-refractivity contribution in [2.45, 2.75) is 63.1 Å². The third-order valence-corrected chi connectivity index (χ3v) is 4.05. The zero-order valence-corrected chi connectivity index (χ0v) is 9.57. The van der Waals surface area contributed by atoms with Gasteiger partial charge in [-0.05, 0) is 38.6 Å². The topological polar surface area (TPSA) is 49.5 Å². The Morgan fingerprint density at radius 3 is 2.67 bits per heavy atom. The maximum Gasteiger partial charge on any atom is 0.0586 e. The van der Waals surface area contributed by atoms with Gasteiger partial charge in [0.15, 0.2) is 0 Å². The van der Waals surface area contributed by atoms with Crippen LogP contribution in [-0.4, -0.2) is 41.3 Å². The molecule has 0 aromatic carbocycles. The molecule has 0 amide bonds. The Morgan fingerprint density at radius 2 is 2.00 bits per heavy atom. The van der Waals surface area contributed by atoms with E-state index in [1.54, 1.807) is 0 Å². The van der Waals surface area contributed by atoms with E-state index in [1.165, 1.54) is 45.1 Å². The fraction of sp³-hybridized carbons (Fsp3) is 1.00. The van der Waals surface area contributed by atoms with Gasteiger partial charge in [-0.1, -0.05) is 12.8 Å². The molecule has 1 aliphatic heterocycles. The van der Waals surface area contributed by atoms with Crippen molar-refractivity contribution in [1.29, 1.82) is 0 Å². The molecule has 2 aliphatic rings. The van der Waals surface area contributed by atoms with Gasteiger partial charge in [0, 0.05) is 18.1 Å². The molecule has 3 unspecified atom stereocenters. The van der Waals surface area contributed by atoms with Gasteiger partial charge in [0.1, 0.15) is 0 Å². The zero-order chi connectivity index (χ0) is 10.7. The number of aliphatic hydroxyl groups excluding tert-OH is 1. The zero-order valence-electron chi connectivity index (χ0n) is 9.57. The van der Waals surface area contributed by atoms with E-state index in [0.29, 0.717) is 24.7 Å². The first-order valence-corrected chi connectivity index (χ1v) is 6.43. The standard InChI is InChI=1S/C12H24N2O/c13-10-5-6-11(8-10)14-7-3-1-2-4-12(14)9-15/h10-12,15H,1-9,13H2. The summed E-state index contributed by atoms with van der Waals surface area (Å²) in [7, 11) is 0. The highest BCUT2D eigenvalue weighted by atomic mass is 16.3. The first-order valence-electron chi connectivity index (χ1n) is 6.43. The summed E-state index contributed by atoms with van der Waals surface area (Å²) in [6, 6.07) is 1.45. The summed E-state index contributed by atoms with van der Waals surface area (Å²) < 4.78 is 0. The van der Waals surface area contributed by atoms with Crippen molar-refractivity contribution in [2.75, 3.05) is 13.2 Å². The van der Waals surface area contributed by atoms with E-state index in [0.717, 1.165) is 6.42 Å². The molecule has 3 heteroatoms. The van der Waals surface area contributed by atoms with Crippen LogP contribution in [0.4, 0.5) is 0 Å². The van der Waals surface area contributed by atoms with Gasteiger partial charge in [-0.2, -0.15) is 0 Å². The molecule has 1 heterocycles. The largest absolute Gasteiger partial charge is 0.395 e. The molecule has 2 rings (SSSR count). The van der Waals surface area contributed by atoms with Crippen molar-refractivity contribution in [3.05, 3.63) is 0 Å². The third kappa shape index (κ3) is 2.71. The third-order valence-electron chi connectivity index (χ3n) is 4.05. The van der Waals surface area contributed by atoms with Gasteiger partial charge in [0.05, 0.1) is 6.61 Å². The number of rotatable bonds is 2. The summed E-state index contributed by atoms with van der Waals surface area (Å²) in [6.45, 7) is 1.49. The Balaban J connectivity index is 1.96. The van der Waals surface area contributed by atoms with Gasteiger partial charge < -0.3 is 10.8 Å². The fourth-order valence-electron chi connectivity index (χ4n) is 3.17. The number of likely N-dealkylation sites (tertiary alicyclic amines) is 1. The van der Waals surface area contributed by atoms with Gasteiger partial charge >= 0.3 is 0 Å². The second-order valence-electron chi connectivity index (χ2n) is 5.15. The molecule has 3 nitrogen and oxygen atoms in total. The predicted octanol–water partition coefficient (Wildman–Crippen LogP) is 1.10. The van der Waals surface area contributed by atoms with Crippen LogP contribution in [0.3, 0.4) is 0 Å². The van der Waals surface area contributed by atoms with Crippen LogP contribution in [0, 0.1) is 0 Å². The smallest absolute Gasteiger partial charge is 0.0586 e.